The number of fused-ring (bicyclic) bond motifs is 1. The highest BCUT2D eigenvalue weighted by molar-refractivity contribution is 14.1. The van der Waals surface area contributed by atoms with Crippen LogP contribution in [-0.2, 0) is 4.74 Å². The molecule has 1 aliphatic carbocycles. The summed E-state index contributed by atoms with van der Waals surface area (Å²) in [5.41, 5.74) is 0.564. The van der Waals surface area contributed by atoms with Crippen LogP contribution in [0.25, 0.3) is 0 Å². The molecule has 1 N–H and O–H groups in total. The lowest BCUT2D eigenvalue weighted by Gasteiger charge is -2.43. The Morgan fingerprint density at radius 1 is 1.35 bits per heavy atom. The van der Waals surface area contributed by atoms with Gasteiger partial charge in [-0.25, -0.2) is 0 Å². The fourth-order valence-electron chi connectivity index (χ4n) is 3.16. The lowest BCUT2D eigenvalue weighted by molar-refractivity contribution is -0.0752. The maximum absolute atomic E-state index is 12.7. The minimum Gasteiger partial charge on any atom is -0.507 e. The van der Waals surface area contributed by atoms with E-state index in [1.54, 1.807) is 18.2 Å². The number of hydrogen-bond acceptors (Lipinski definition) is 3. The minimum atomic E-state index is 0.0110. The van der Waals surface area contributed by atoms with Crippen molar-refractivity contribution in [3.8, 4) is 5.75 Å². The molecule has 108 valence electrons. The Bertz CT molecular complexity index is 518. The van der Waals surface area contributed by atoms with Crippen LogP contribution in [0, 0.1) is 3.57 Å². The van der Waals surface area contributed by atoms with Crippen LogP contribution < -0.4 is 0 Å². The molecule has 2 fully saturated rings. The van der Waals surface area contributed by atoms with Crippen LogP contribution in [0.3, 0.4) is 0 Å². The molecule has 1 aromatic carbocycles. The minimum absolute atomic E-state index is 0.0110. The van der Waals surface area contributed by atoms with Crippen molar-refractivity contribution in [2.24, 2.45) is 0 Å². The molecule has 0 radical (unpaired) electrons. The van der Waals surface area contributed by atoms with Crippen molar-refractivity contribution < 1.29 is 14.6 Å². The summed E-state index contributed by atoms with van der Waals surface area (Å²) in [6, 6.07) is 5.34. The molecule has 1 saturated heterocycles. The number of nitrogens with zero attached hydrogens (tertiary/aromatic N) is 1. The number of ether oxygens (including phenoxy) is 1. The first-order chi connectivity index (χ1) is 9.66. The summed E-state index contributed by atoms with van der Waals surface area (Å²) >= 11 is 2.05. The Hall–Kier alpha value is -0.820. The molecule has 0 bridgehead atoms. The first-order valence-corrected chi connectivity index (χ1v) is 8.16. The predicted octanol–water partition coefficient (Wildman–Crippen LogP) is 2.78. The van der Waals surface area contributed by atoms with Gasteiger partial charge in [0.2, 0.25) is 0 Å². The number of hydrogen-bond donors (Lipinski definition) is 1. The fraction of sp³-hybridized carbons (Fsp3) is 0.533. The number of phenolic OH excluding ortho intramolecular Hbond substituents is 1. The van der Waals surface area contributed by atoms with Gasteiger partial charge in [0.15, 0.2) is 0 Å². The van der Waals surface area contributed by atoms with E-state index in [0.717, 1.165) is 22.8 Å². The number of rotatable bonds is 1. The third-order valence-corrected chi connectivity index (χ3v) is 5.10. The van der Waals surface area contributed by atoms with Gasteiger partial charge in [0.25, 0.3) is 5.91 Å². The Morgan fingerprint density at radius 2 is 2.15 bits per heavy atom. The van der Waals surface area contributed by atoms with Crippen molar-refractivity contribution in [3.63, 3.8) is 0 Å². The summed E-state index contributed by atoms with van der Waals surface area (Å²) in [6.07, 6.45) is 4.61. The van der Waals surface area contributed by atoms with Crippen molar-refractivity contribution in [1.29, 1.82) is 0 Å². The topological polar surface area (TPSA) is 49.8 Å². The Labute approximate surface area is 132 Å². The molecule has 2 unspecified atom stereocenters. The van der Waals surface area contributed by atoms with Gasteiger partial charge in [0, 0.05) is 12.1 Å². The average Bonchev–Trinajstić information content (AvgIpc) is 2.49. The van der Waals surface area contributed by atoms with Crippen molar-refractivity contribution in [1.82, 2.24) is 4.90 Å². The molecule has 0 aromatic heterocycles. The summed E-state index contributed by atoms with van der Waals surface area (Å²) in [4.78, 5) is 14.6. The molecule has 2 aliphatic rings. The maximum Gasteiger partial charge on any atom is 0.254 e. The average molecular weight is 387 g/mol. The third-order valence-electron chi connectivity index (χ3n) is 4.19. The molecule has 20 heavy (non-hydrogen) atoms. The van der Waals surface area contributed by atoms with E-state index in [1.165, 1.54) is 6.42 Å². The molecule has 1 amide bonds. The molecule has 5 heteroatoms. The van der Waals surface area contributed by atoms with Gasteiger partial charge in [-0.2, -0.15) is 0 Å². The second-order valence-corrected chi connectivity index (χ2v) is 6.59. The lowest BCUT2D eigenvalue weighted by Crippen LogP contribution is -2.54. The summed E-state index contributed by atoms with van der Waals surface area (Å²) in [5.74, 6) is 0.182. The van der Waals surface area contributed by atoms with Crippen molar-refractivity contribution in [3.05, 3.63) is 27.3 Å². The normalized spacial score (nSPS) is 26.1. The molecule has 0 spiro atoms. The number of aromatic hydroxyl groups is 1. The molecule has 1 heterocycles. The third kappa shape index (κ3) is 2.65. The molecule has 1 saturated carbocycles. The van der Waals surface area contributed by atoms with Gasteiger partial charge in [0.1, 0.15) is 5.75 Å². The molecule has 3 rings (SSSR count). The summed E-state index contributed by atoms with van der Waals surface area (Å²) in [7, 11) is 0. The van der Waals surface area contributed by atoms with Crippen LogP contribution in [0.15, 0.2) is 18.2 Å². The highest BCUT2D eigenvalue weighted by Gasteiger charge is 2.36. The first-order valence-electron chi connectivity index (χ1n) is 7.08. The summed E-state index contributed by atoms with van der Waals surface area (Å²) in [6.45, 7) is 1.26. The van der Waals surface area contributed by atoms with Crippen LogP contribution in [0.4, 0.5) is 0 Å². The van der Waals surface area contributed by atoms with Crippen molar-refractivity contribution in [2.75, 3.05) is 13.2 Å². The smallest absolute Gasteiger partial charge is 0.254 e. The standard InChI is InChI=1S/C15H18INO3/c16-11-6-5-10(9-13(11)18)15(19)17-7-8-20-14-4-2-1-3-12(14)17/h5-6,9,12,14,18H,1-4,7-8H2. The Kier molecular flexibility index (Phi) is 4.16. The monoisotopic (exact) mass is 387 g/mol. The zero-order valence-electron chi connectivity index (χ0n) is 11.2. The number of morpholine rings is 1. The number of halogens is 1. The number of phenols is 1. The van der Waals surface area contributed by atoms with Crippen LogP contribution in [0.2, 0.25) is 0 Å². The van der Waals surface area contributed by atoms with Crippen molar-refractivity contribution >= 4 is 28.5 Å². The number of carbonyl (C=O) groups is 1. The zero-order chi connectivity index (χ0) is 14.1. The van der Waals surface area contributed by atoms with E-state index in [1.807, 2.05) is 4.90 Å². The molecular weight excluding hydrogens is 369 g/mol. The summed E-state index contributed by atoms with van der Waals surface area (Å²) in [5, 5.41) is 9.78. The molecule has 1 aromatic rings. The van der Waals surface area contributed by atoms with Gasteiger partial charge in [-0.15, -0.1) is 0 Å². The van der Waals surface area contributed by atoms with E-state index in [0.29, 0.717) is 18.7 Å². The van der Waals surface area contributed by atoms with E-state index in [9.17, 15) is 9.90 Å². The van der Waals surface area contributed by atoms with Gasteiger partial charge in [-0.05, 0) is 53.6 Å². The molecular formula is C15H18INO3. The molecule has 2 atom stereocenters. The van der Waals surface area contributed by atoms with Crippen molar-refractivity contribution in [2.45, 2.75) is 37.8 Å². The van der Waals surface area contributed by atoms with Crippen LogP contribution in [0.1, 0.15) is 36.0 Å². The van der Waals surface area contributed by atoms with Crippen LogP contribution in [-0.4, -0.2) is 41.2 Å². The number of carbonyl (C=O) groups excluding carboxylic acids is 1. The summed E-state index contributed by atoms with van der Waals surface area (Å²) < 4.78 is 6.56. The maximum atomic E-state index is 12.7. The van der Waals surface area contributed by atoms with E-state index < -0.39 is 0 Å². The van der Waals surface area contributed by atoms with Gasteiger partial charge in [0.05, 0.1) is 22.3 Å². The van der Waals surface area contributed by atoms with Gasteiger partial charge >= 0.3 is 0 Å². The largest absolute Gasteiger partial charge is 0.507 e. The first kappa shape index (κ1) is 14.1. The van der Waals surface area contributed by atoms with Crippen LogP contribution >= 0.6 is 22.6 Å². The van der Waals surface area contributed by atoms with Gasteiger partial charge in [-0.1, -0.05) is 12.8 Å². The van der Waals surface area contributed by atoms with E-state index in [2.05, 4.69) is 22.6 Å². The predicted molar refractivity (Wildman–Crippen MR) is 83.9 cm³/mol. The molecule has 1 aliphatic heterocycles. The Morgan fingerprint density at radius 3 is 2.95 bits per heavy atom. The van der Waals surface area contributed by atoms with Crippen LogP contribution in [0.5, 0.6) is 5.75 Å². The van der Waals surface area contributed by atoms with E-state index >= 15 is 0 Å². The molecule has 4 nitrogen and oxygen atoms in total. The number of amides is 1. The number of benzene rings is 1. The second-order valence-electron chi connectivity index (χ2n) is 5.43. The quantitative estimate of drug-likeness (QED) is 0.755. The highest BCUT2D eigenvalue weighted by Crippen LogP contribution is 2.30. The van der Waals surface area contributed by atoms with E-state index in [-0.39, 0.29) is 23.8 Å². The van der Waals surface area contributed by atoms with Gasteiger partial charge in [-0.3, -0.25) is 4.79 Å². The second kappa shape index (κ2) is 5.89. The van der Waals surface area contributed by atoms with Gasteiger partial charge < -0.3 is 14.7 Å². The highest BCUT2D eigenvalue weighted by atomic mass is 127. The van der Waals surface area contributed by atoms with E-state index in [4.69, 9.17) is 4.74 Å². The lowest BCUT2D eigenvalue weighted by atomic mass is 9.89. The Balaban J connectivity index is 1.83. The SMILES string of the molecule is O=C(c1ccc(I)c(O)c1)N1CCOC2CCCCC21. The fourth-order valence-corrected chi connectivity index (χ4v) is 3.50. The zero-order valence-corrected chi connectivity index (χ0v) is 13.4.